The molecule has 0 bridgehead atoms. The highest BCUT2D eigenvalue weighted by Gasteiger charge is 2.17. The van der Waals surface area contributed by atoms with Gasteiger partial charge in [-0.15, -0.1) is 0 Å². The molecule has 2 rings (SSSR count). The summed E-state index contributed by atoms with van der Waals surface area (Å²) in [6, 6.07) is 0. The number of aromatic amines is 1. The summed E-state index contributed by atoms with van der Waals surface area (Å²) in [5.74, 6) is 0. The summed E-state index contributed by atoms with van der Waals surface area (Å²) < 4.78 is 0. The molecule has 0 saturated heterocycles. The molecule has 0 radical (unpaired) electrons. The van der Waals surface area contributed by atoms with Crippen molar-refractivity contribution in [1.29, 1.82) is 0 Å². The zero-order valence-corrected chi connectivity index (χ0v) is 10.0. The van der Waals surface area contributed by atoms with E-state index in [9.17, 15) is 0 Å². The summed E-state index contributed by atoms with van der Waals surface area (Å²) in [6.45, 7) is 8.42. The average Bonchev–Trinajstić information content (AvgIpc) is 2.68. The Morgan fingerprint density at radius 1 is 1.27 bits per heavy atom. The van der Waals surface area contributed by atoms with Gasteiger partial charge in [0, 0.05) is 5.41 Å². The minimum absolute atomic E-state index is 0.182. The lowest BCUT2D eigenvalue weighted by Crippen LogP contribution is -2.05. The smallest absolute Gasteiger partial charge is 0.0931 e. The van der Waals surface area contributed by atoms with E-state index < -0.39 is 0 Å². The molecule has 1 aromatic rings. The van der Waals surface area contributed by atoms with Crippen LogP contribution in [0.15, 0.2) is 18.5 Å². The van der Waals surface area contributed by atoms with Crippen molar-refractivity contribution < 1.29 is 0 Å². The molecule has 1 aromatic heterocycles. The highest BCUT2D eigenvalue weighted by molar-refractivity contribution is 5.63. The molecule has 15 heavy (non-hydrogen) atoms. The van der Waals surface area contributed by atoms with Gasteiger partial charge in [0.1, 0.15) is 0 Å². The summed E-state index contributed by atoms with van der Waals surface area (Å²) in [5, 5.41) is 0. The zero-order valence-electron chi connectivity index (χ0n) is 10.0. The van der Waals surface area contributed by atoms with Gasteiger partial charge in [0.25, 0.3) is 0 Å². The third-order valence-corrected chi connectivity index (χ3v) is 2.71. The van der Waals surface area contributed by atoms with Gasteiger partial charge in [-0.25, -0.2) is 4.98 Å². The number of nitrogens with one attached hydrogen (secondary N) is 1. The fourth-order valence-electron chi connectivity index (χ4n) is 1.42. The summed E-state index contributed by atoms with van der Waals surface area (Å²) >= 11 is 0. The largest absolute Gasteiger partial charge is 0.345 e. The first-order chi connectivity index (χ1) is 7.23. The third-order valence-electron chi connectivity index (χ3n) is 2.71. The van der Waals surface area contributed by atoms with Gasteiger partial charge in [-0.2, -0.15) is 0 Å². The lowest BCUT2D eigenvalue weighted by atomic mass is 9.87. The molecular weight excluding hydrogens is 184 g/mol. The van der Waals surface area contributed by atoms with Gasteiger partial charge < -0.3 is 4.98 Å². The van der Waals surface area contributed by atoms with Gasteiger partial charge in [-0.3, -0.25) is 0 Å². The highest BCUT2D eigenvalue weighted by Crippen LogP contribution is 2.29. The Labute approximate surface area is 92.1 Å². The van der Waals surface area contributed by atoms with Crippen molar-refractivity contribution in [3.8, 4) is 0 Å². The summed E-state index contributed by atoms with van der Waals surface area (Å²) in [5.41, 5.74) is 2.32. The van der Waals surface area contributed by atoms with Gasteiger partial charge >= 0.3 is 0 Å². The van der Waals surface area contributed by atoms with E-state index in [0.29, 0.717) is 0 Å². The molecule has 2 heteroatoms. The van der Waals surface area contributed by atoms with Crippen molar-refractivity contribution in [2.45, 2.75) is 34.1 Å². The fourth-order valence-corrected chi connectivity index (χ4v) is 1.42. The third kappa shape index (κ3) is 2.58. The van der Waals surface area contributed by atoms with Crippen LogP contribution in [0.5, 0.6) is 0 Å². The first kappa shape index (κ1) is 11.8. The summed E-state index contributed by atoms with van der Waals surface area (Å²) in [7, 11) is 0. The molecule has 0 aromatic carbocycles. The molecule has 0 saturated carbocycles. The zero-order chi connectivity index (χ0) is 11.3. The number of nitrogens with zero attached hydrogens (tertiary/aromatic N) is 1. The Morgan fingerprint density at radius 3 is 2.60 bits per heavy atom. The Balaban J connectivity index is 0.000000531. The maximum Gasteiger partial charge on any atom is 0.0931 e. The molecule has 1 aliphatic carbocycles. The normalized spacial score (nSPS) is 16.3. The van der Waals surface area contributed by atoms with Crippen LogP contribution in [-0.4, -0.2) is 9.97 Å². The van der Waals surface area contributed by atoms with E-state index in [4.69, 9.17) is 0 Å². The minimum Gasteiger partial charge on any atom is -0.345 e. The van der Waals surface area contributed by atoms with Crippen molar-refractivity contribution in [3.05, 3.63) is 29.9 Å². The van der Waals surface area contributed by atoms with E-state index in [-0.39, 0.29) is 5.41 Å². The van der Waals surface area contributed by atoms with E-state index in [0.717, 1.165) is 17.8 Å². The molecule has 1 heterocycles. The monoisotopic (exact) mass is 204 g/mol. The molecule has 0 spiro atoms. The number of allylic oxidation sites excluding steroid dienone is 2. The van der Waals surface area contributed by atoms with Crippen LogP contribution in [0.25, 0.3) is 12.2 Å². The van der Waals surface area contributed by atoms with Crippen molar-refractivity contribution in [1.82, 2.24) is 9.97 Å². The predicted molar refractivity (Wildman–Crippen MR) is 66.4 cm³/mol. The molecule has 1 atom stereocenters. The highest BCUT2D eigenvalue weighted by atomic mass is 14.9. The van der Waals surface area contributed by atoms with Gasteiger partial charge in [0.05, 0.1) is 17.7 Å². The fraction of sp³-hybridized carbons (Fsp3) is 0.462. The quantitative estimate of drug-likeness (QED) is 0.738. The van der Waals surface area contributed by atoms with Crippen LogP contribution in [-0.2, 0) is 0 Å². The van der Waals surface area contributed by atoms with Crippen LogP contribution in [0.2, 0.25) is 0 Å². The molecule has 1 N–H and O–H groups in total. The standard InChI is InChI=1S/C11H14N2.C2H6/c1-3-11(2)6-4-9-10(5-7-11)13-8-12-9;1-2/h4-8H,3H2,1-2H3,(H,12,13);1-2H3. The average molecular weight is 204 g/mol. The SMILES string of the molecule is CC.CCC1(C)C=Cc2nc[nH]c2C=C1. The van der Waals surface area contributed by atoms with Gasteiger partial charge in [-0.05, 0) is 18.6 Å². The Morgan fingerprint density at radius 2 is 1.93 bits per heavy atom. The van der Waals surface area contributed by atoms with Gasteiger partial charge in [0.2, 0.25) is 0 Å². The van der Waals surface area contributed by atoms with Crippen LogP contribution < -0.4 is 0 Å². The van der Waals surface area contributed by atoms with Crippen molar-refractivity contribution in [2.75, 3.05) is 0 Å². The van der Waals surface area contributed by atoms with Crippen molar-refractivity contribution in [2.24, 2.45) is 5.41 Å². The van der Waals surface area contributed by atoms with Crippen LogP contribution in [0.4, 0.5) is 0 Å². The maximum atomic E-state index is 4.22. The van der Waals surface area contributed by atoms with Crippen molar-refractivity contribution >= 4 is 12.2 Å². The Hall–Kier alpha value is -1.31. The van der Waals surface area contributed by atoms with Crippen LogP contribution in [0, 0.1) is 5.41 Å². The first-order valence-corrected chi connectivity index (χ1v) is 5.65. The van der Waals surface area contributed by atoms with E-state index >= 15 is 0 Å². The Kier molecular flexibility index (Phi) is 3.89. The van der Waals surface area contributed by atoms with Gasteiger partial charge in [0.15, 0.2) is 0 Å². The predicted octanol–water partition coefficient (Wildman–Crippen LogP) is 3.89. The van der Waals surface area contributed by atoms with E-state index in [1.807, 2.05) is 13.8 Å². The summed E-state index contributed by atoms with van der Waals surface area (Å²) in [4.78, 5) is 7.33. The van der Waals surface area contributed by atoms with Crippen LogP contribution >= 0.6 is 0 Å². The Bertz CT molecular complexity index is 330. The molecular formula is C13H20N2. The number of rotatable bonds is 1. The van der Waals surface area contributed by atoms with Crippen molar-refractivity contribution in [3.63, 3.8) is 0 Å². The number of H-pyrrole nitrogens is 1. The number of aromatic nitrogens is 2. The second kappa shape index (κ2) is 4.96. The number of hydrogen-bond donors (Lipinski definition) is 1. The lowest BCUT2D eigenvalue weighted by molar-refractivity contribution is 0.536. The van der Waals surface area contributed by atoms with Gasteiger partial charge in [-0.1, -0.05) is 39.8 Å². The van der Waals surface area contributed by atoms with Crippen LogP contribution in [0.1, 0.15) is 45.5 Å². The molecule has 0 fully saturated rings. The molecule has 1 aliphatic rings. The minimum atomic E-state index is 0.182. The van der Waals surface area contributed by atoms with E-state index in [2.05, 4.69) is 48.1 Å². The van der Waals surface area contributed by atoms with E-state index in [1.54, 1.807) is 6.33 Å². The molecule has 1 unspecified atom stereocenters. The second-order valence-electron chi connectivity index (χ2n) is 3.73. The van der Waals surface area contributed by atoms with E-state index in [1.165, 1.54) is 0 Å². The number of fused-ring (bicyclic) bond motifs is 1. The lowest BCUT2D eigenvalue weighted by Gasteiger charge is -2.17. The first-order valence-electron chi connectivity index (χ1n) is 5.65. The molecule has 2 nitrogen and oxygen atoms in total. The summed E-state index contributed by atoms with van der Waals surface area (Å²) in [6.07, 6.45) is 11.5. The molecule has 0 amide bonds. The number of imidazole rings is 1. The molecule has 0 aliphatic heterocycles. The molecule has 82 valence electrons. The number of hydrogen-bond acceptors (Lipinski definition) is 1. The maximum absolute atomic E-state index is 4.22. The van der Waals surface area contributed by atoms with Crippen LogP contribution in [0.3, 0.4) is 0 Å². The second-order valence-corrected chi connectivity index (χ2v) is 3.73. The topological polar surface area (TPSA) is 28.7 Å².